The molecule has 0 unspecified atom stereocenters. The van der Waals surface area contributed by atoms with Gasteiger partial charge < -0.3 is 10.2 Å². The number of benzene rings is 1. The lowest BCUT2D eigenvalue weighted by atomic mass is 10.2. The number of rotatable bonds is 4. The van der Waals surface area contributed by atoms with Crippen LogP contribution in [0.1, 0.15) is 5.56 Å². The van der Waals surface area contributed by atoms with Gasteiger partial charge in [0, 0.05) is 12.7 Å². The molecule has 7 heteroatoms. The van der Waals surface area contributed by atoms with Crippen molar-refractivity contribution in [3.05, 3.63) is 29.8 Å². The number of likely N-dealkylation sites (N-methyl/N-ethyl adjacent to an activating group) is 1. The topological polar surface area (TPSA) is 56.1 Å². The van der Waals surface area contributed by atoms with E-state index in [9.17, 15) is 18.0 Å². The van der Waals surface area contributed by atoms with Crippen LogP contribution in [0.2, 0.25) is 0 Å². The summed E-state index contributed by atoms with van der Waals surface area (Å²) in [6, 6.07) is 8.10. The Hall–Kier alpha value is -2.07. The van der Waals surface area contributed by atoms with E-state index in [0.29, 0.717) is 11.3 Å². The zero-order chi connectivity index (χ0) is 14.5. The van der Waals surface area contributed by atoms with Crippen LogP contribution >= 0.6 is 0 Å². The first-order valence-electron chi connectivity index (χ1n) is 5.37. The lowest BCUT2D eigenvalue weighted by Gasteiger charge is -2.18. The summed E-state index contributed by atoms with van der Waals surface area (Å²) in [7, 11) is 1.46. The standard InChI is InChI=1S/C12H12F3N3O/c1-18(10-4-2-9(6-16)3-5-10)11(19)7-17-8-12(13,14)15/h2-5,17H,7-8H2,1H3. The molecule has 0 spiro atoms. The maximum Gasteiger partial charge on any atom is 0.401 e. The van der Waals surface area contributed by atoms with Crippen LogP contribution in [-0.4, -0.2) is 32.2 Å². The Morgan fingerprint density at radius 2 is 1.95 bits per heavy atom. The number of hydrogen-bond acceptors (Lipinski definition) is 3. The highest BCUT2D eigenvalue weighted by Gasteiger charge is 2.26. The maximum absolute atomic E-state index is 11.9. The molecular weight excluding hydrogens is 259 g/mol. The van der Waals surface area contributed by atoms with Crippen molar-refractivity contribution in [3.8, 4) is 6.07 Å². The number of hydrogen-bond donors (Lipinski definition) is 1. The molecule has 1 aromatic rings. The third kappa shape index (κ3) is 4.97. The van der Waals surface area contributed by atoms with Gasteiger partial charge in [-0.1, -0.05) is 0 Å². The molecule has 102 valence electrons. The molecule has 1 amide bonds. The molecule has 0 bridgehead atoms. The van der Waals surface area contributed by atoms with E-state index in [1.807, 2.05) is 11.4 Å². The second kappa shape index (κ2) is 6.20. The molecule has 0 fully saturated rings. The number of nitriles is 1. The van der Waals surface area contributed by atoms with E-state index < -0.39 is 25.2 Å². The van der Waals surface area contributed by atoms with Crippen LogP contribution < -0.4 is 10.2 Å². The van der Waals surface area contributed by atoms with E-state index in [1.165, 1.54) is 24.1 Å². The summed E-state index contributed by atoms with van der Waals surface area (Å²) in [6.07, 6.45) is -4.34. The Morgan fingerprint density at radius 3 is 2.42 bits per heavy atom. The molecule has 0 heterocycles. The number of nitrogens with zero attached hydrogens (tertiary/aromatic N) is 2. The Bertz CT molecular complexity index is 476. The van der Waals surface area contributed by atoms with Gasteiger partial charge in [0.2, 0.25) is 5.91 Å². The van der Waals surface area contributed by atoms with Gasteiger partial charge in [-0.25, -0.2) is 0 Å². The highest BCUT2D eigenvalue weighted by atomic mass is 19.4. The van der Waals surface area contributed by atoms with E-state index in [-0.39, 0.29) is 0 Å². The zero-order valence-electron chi connectivity index (χ0n) is 10.2. The van der Waals surface area contributed by atoms with E-state index in [0.717, 1.165) is 0 Å². The predicted octanol–water partition coefficient (Wildman–Crippen LogP) is 1.67. The molecule has 19 heavy (non-hydrogen) atoms. The number of carbonyl (C=O) groups excluding carboxylic acids is 1. The van der Waals surface area contributed by atoms with Crippen LogP contribution in [0.15, 0.2) is 24.3 Å². The molecular formula is C12H12F3N3O. The van der Waals surface area contributed by atoms with Gasteiger partial charge in [-0.2, -0.15) is 18.4 Å². The van der Waals surface area contributed by atoms with Crippen LogP contribution in [0.25, 0.3) is 0 Å². The van der Waals surface area contributed by atoms with Gasteiger partial charge >= 0.3 is 6.18 Å². The number of amides is 1. The van der Waals surface area contributed by atoms with Crippen molar-refractivity contribution in [3.63, 3.8) is 0 Å². The molecule has 0 aliphatic heterocycles. The fourth-order valence-electron chi connectivity index (χ4n) is 1.33. The van der Waals surface area contributed by atoms with Gasteiger partial charge in [0.25, 0.3) is 0 Å². The van der Waals surface area contributed by atoms with Gasteiger partial charge in [-0.15, -0.1) is 0 Å². The monoisotopic (exact) mass is 271 g/mol. The van der Waals surface area contributed by atoms with Crippen molar-refractivity contribution in [2.45, 2.75) is 6.18 Å². The van der Waals surface area contributed by atoms with Crippen molar-refractivity contribution in [2.75, 3.05) is 25.0 Å². The van der Waals surface area contributed by atoms with Crippen LogP contribution in [0.5, 0.6) is 0 Å². The first kappa shape index (κ1) is 15.0. The Labute approximate surface area is 108 Å². The summed E-state index contributed by atoms with van der Waals surface area (Å²) in [5.41, 5.74) is 0.956. The molecule has 4 nitrogen and oxygen atoms in total. The largest absolute Gasteiger partial charge is 0.401 e. The highest BCUT2D eigenvalue weighted by molar-refractivity contribution is 5.94. The summed E-state index contributed by atoms with van der Waals surface area (Å²) in [5, 5.41) is 10.7. The van der Waals surface area contributed by atoms with Gasteiger partial charge in [0.1, 0.15) is 0 Å². The second-order valence-electron chi connectivity index (χ2n) is 3.83. The highest BCUT2D eigenvalue weighted by Crippen LogP contribution is 2.14. The average molecular weight is 271 g/mol. The summed E-state index contributed by atoms with van der Waals surface area (Å²) in [6.45, 7) is -1.62. The van der Waals surface area contributed by atoms with Crippen molar-refractivity contribution in [1.82, 2.24) is 5.32 Å². The molecule has 1 aromatic carbocycles. The van der Waals surface area contributed by atoms with E-state index in [4.69, 9.17) is 5.26 Å². The number of carbonyl (C=O) groups is 1. The van der Waals surface area contributed by atoms with Crippen LogP contribution in [-0.2, 0) is 4.79 Å². The maximum atomic E-state index is 11.9. The Morgan fingerprint density at radius 1 is 1.37 bits per heavy atom. The number of anilines is 1. The summed E-state index contributed by atoms with van der Waals surface area (Å²) >= 11 is 0. The second-order valence-corrected chi connectivity index (χ2v) is 3.83. The van der Waals surface area contributed by atoms with Crippen molar-refractivity contribution >= 4 is 11.6 Å². The average Bonchev–Trinajstić information content (AvgIpc) is 2.36. The first-order valence-corrected chi connectivity index (χ1v) is 5.37. The van der Waals surface area contributed by atoms with Crippen molar-refractivity contribution in [1.29, 1.82) is 5.26 Å². The normalized spacial score (nSPS) is 10.9. The van der Waals surface area contributed by atoms with Crippen molar-refractivity contribution in [2.24, 2.45) is 0 Å². The molecule has 0 aliphatic carbocycles. The molecule has 0 atom stereocenters. The number of halogens is 3. The van der Waals surface area contributed by atoms with Gasteiger partial charge in [-0.05, 0) is 24.3 Å². The predicted molar refractivity (Wildman–Crippen MR) is 63.5 cm³/mol. The summed E-state index contributed by atoms with van der Waals surface area (Å²) in [4.78, 5) is 12.8. The minimum atomic E-state index is -4.34. The van der Waals surface area contributed by atoms with E-state index in [2.05, 4.69) is 0 Å². The van der Waals surface area contributed by atoms with Crippen LogP contribution in [0, 0.1) is 11.3 Å². The molecule has 0 aliphatic rings. The smallest absolute Gasteiger partial charge is 0.314 e. The Balaban J connectivity index is 2.54. The third-order valence-electron chi connectivity index (χ3n) is 2.36. The Kier molecular flexibility index (Phi) is 4.89. The lowest BCUT2D eigenvalue weighted by Crippen LogP contribution is -2.39. The van der Waals surface area contributed by atoms with Gasteiger partial charge in [0.05, 0.1) is 24.7 Å². The van der Waals surface area contributed by atoms with Crippen molar-refractivity contribution < 1.29 is 18.0 Å². The molecule has 0 radical (unpaired) electrons. The summed E-state index contributed by atoms with van der Waals surface area (Å²) < 4.78 is 35.7. The quantitative estimate of drug-likeness (QED) is 0.906. The fourth-order valence-corrected chi connectivity index (χ4v) is 1.33. The SMILES string of the molecule is CN(C(=O)CNCC(F)(F)F)c1ccc(C#N)cc1. The molecule has 1 N–H and O–H groups in total. The minimum Gasteiger partial charge on any atom is -0.314 e. The molecule has 0 saturated carbocycles. The van der Waals surface area contributed by atoms with Crippen LogP contribution in [0.4, 0.5) is 18.9 Å². The number of alkyl halides is 3. The van der Waals surface area contributed by atoms with E-state index in [1.54, 1.807) is 12.1 Å². The first-order chi connectivity index (χ1) is 8.83. The fraction of sp³-hybridized carbons (Fsp3) is 0.333. The lowest BCUT2D eigenvalue weighted by molar-refractivity contribution is -0.127. The van der Waals surface area contributed by atoms with Gasteiger partial charge in [-0.3, -0.25) is 4.79 Å². The molecule has 0 aromatic heterocycles. The molecule has 0 saturated heterocycles. The number of nitrogens with one attached hydrogen (secondary N) is 1. The van der Waals surface area contributed by atoms with Gasteiger partial charge in [0.15, 0.2) is 0 Å². The third-order valence-corrected chi connectivity index (χ3v) is 2.36. The zero-order valence-corrected chi connectivity index (χ0v) is 10.2. The van der Waals surface area contributed by atoms with E-state index >= 15 is 0 Å². The minimum absolute atomic E-state index is 0.407. The molecule has 1 rings (SSSR count). The summed E-state index contributed by atoms with van der Waals surface area (Å²) in [5.74, 6) is -0.492. The van der Waals surface area contributed by atoms with Crippen LogP contribution in [0.3, 0.4) is 0 Å².